The molecule has 1 unspecified atom stereocenters. The lowest BCUT2D eigenvalue weighted by atomic mass is 9.94. The molecule has 11 fully saturated rings. The smallest absolute Gasteiger partial charge is 0.217 e. The molecule has 0 aliphatic carbocycles. The van der Waals surface area contributed by atoms with Gasteiger partial charge in [0.25, 0.3) is 0 Å². The Hall–Kier alpha value is -3.22. The fourth-order valence-corrected chi connectivity index (χ4v) is 16.4. The number of amides is 2. The molecule has 11 aliphatic rings. The standard InChI is InChI=1S/C70H118N2O56/c1-14(81)71-27-38(92)53(22(9-79)111-60(27)107)122-61-28(72-15(2)82)39(93)54(23(10-80)118-61)123-67-52(106)56(37(91)26(120-67)13-109-63-51(105)55(124-64-48(102)41(95)30(84)17(4-74)113-64)36(90)25(119-63)12-108-62-47(101)40(94)29(83)16(3-73)112-62)125-70-59(128-69-58(45(99)34(88)21(8-78)117-69)127-66-50(104)43(97)32(86)19(6-76)115-66)46(100)35(89)24(121-70)11-110-68-57(44(98)33(87)20(7-77)116-68)126-65-49(103)42(96)31(85)18(5-75)114-65/h16-70,73-80,83-107H,3-13H2,1-2H3,(H,71,81)(H,72,82)/t16-,17-,18-,19-,20-,21-,22-,23-,24-,25-,26-,27-,28-,29-,30-,31-,32-,33-,34-,35-,36-,37-,38-,39-,40+,41+,42+,43+,44+,45+,46+,47+,48+,49+,50+,51+,52+,53-,54-,55+,56+,57+,58+,59+,60?,61+,62+,63+,64-,65-,66-,67+,68+,69-,70-/m1/s1. The number of rotatable bonds is 33. The fourth-order valence-electron chi connectivity index (χ4n) is 16.4. The topological polar surface area (TPSA) is 920 Å². The van der Waals surface area contributed by atoms with E-state index in [0.29, 0.717) is 0 Å². The van der Waals surface area contributed by atoms with Crippen molar-refractivity contribution in [3.05, 3.63) is 0 Å². The molecule has 744 valence electrons. The summed E-state index contributed by atoms with van der Waals surface area (Å²) in [5, 5.41) is 372. The second kappa shape index (κ2) is 45.8. The van der Waals surface area contributed by atoms with Crippen LogP contribution >= 0.6 is 0 Å². The van der Waals surface area contributed by atoms with Crippen LogP contribution in [0.4, 0.5) is 0 Å². The van der Waals surface area contributed by atoms with Crippen molar-refractivity contribution >= 4 is 11.8 Å². The van der Waals surface area contributed by atoms with E-state index in [0.717, 1.165) is 13.8 Å². The van der Waals surface area contributed by atoms with E-state index < -0.39 is 422 Å². The van der Waals surface area contributed by atoms with Crippen LogP contribution < -0.4 is 10.6 Å². The summed E-state index contributed by atoms with van der Waals surface area (Å²) in [7, 11) is 0. The summed E-state index contributed by atoms with van der Waals surface area (Å²) < 4.78 is 123. The van der Waals surface area contributed by atoms with Crippen LogP contribution in [0.1, 0.15) is 13.8 Å². The largest absolute Gasteiger partial charge is 0.394 e. The highest BCUT2D eigenvalue weighted by molar-refractivity contribution is 5.73. The van der Waals surface area contributed by atoms with Crippen LogP contribution in [0.2, 0.25) is 0 Å². The van der Waals surface area contributed by atoms with Crippen LogP contribution in [-0.4, -0.2) is 591 Å². The minimum absolute atomic E-state index is 0.830. The molecule has 128 heavy (non-hydrogen) atoms. The molecular weight excluding hydrogens is 1760 g/mol. The zero-order chi connectivity index (χ0) is 94.0. The first-order valence-electron chi connectivity index (χ1n) is 40.7. The maximum Gasteiger partial charge on any atom is 0.217 e. The summed E-state index contributed by atoms with van der Waals surface area (Å²) >= 11 is 0. The minimum Gasteiger partial charge on any atom is -0.394 e. The second-order valence-corrected chi connectivity index (χ2v) is 32.4. The van der Waals surface area contributed by atoms with Gasteiger partial charge in [-0.1, -0.05) is 0 Å². The monoisotopic (exact) mass is 1880 g/mol. The lowest BCUT2D eigenvalue weighted by Gasteiger charge is -2.51. The number of aliphatic hydroxyl groups is 33. The van der Waals surface area contributed by atoms with Crippen LogP contribution in [0.25, 0.3) is 0 Å². The average molecular weight is 1880 g/mol. The van der Waals surface area contributed by atoms with Gasteiger partial charge in [-0.3, -0.25) is 9.59 Å². The average Bonchev–Trinajstić information content (AvgIpc) is 0.757. The summed E-state index contributed by atoms with van der Waals surface area (Å²) in [5.41, 5.74) is 0. The lowest BCUT2D eigenvalue weighted by Crippen LogP contribution is -2.70. The number of ether oxygens (including phenoxy) is 21. The predicted octanol–water partition coefficient (Wildman–Crippen LogP) is -24.7. The van der Waals surface area contributed by atoms with Crippen LogP contribution in [0.5, 0.6) is 0 Å². The normalized spacial score (nSPS) is 51.7. The highest BCUT2D eigenvalue weighted by Gasteiger charge is 2.62. The summed E-state index contributed by atoms with van der Waals surface area (Å²) in [6.45, 7) is -10.7. The van der Waals surface area contributed by atoms with Crippen molar-refractivity contribution in [2.24, 2.45) is 0 Å². The molecule has 58 nitrogen and oxygen atoms in total. The van der Waals surface area contributed by atoms with Gasteiger partial charge in [-0.2, -0.15) is 0 Å². The summed E-state index contributed by atoms with van der Waals surface area (Å²) in [6, 6.07) is -3.74. The van der Waals surface area contributed by atoms with Crippen molar-refractivity contribution in [2.45, 2.75) is 351 Å². The van der Waals surface area contributed by atoms with Crippen molar-refractivity contribution in [1.82, 2.24) is 10.6 Å². The van der Waals surface area contributed by atoms with Crippen LogP contribution in [-0.2, 0) is 109 Å². The number of carbonyl (C=O) groups is 2. The zero-order valence-electron chi connectivity index (χ0n) is 67.7. The fraction of sp³-hybridized carbons (Fsp3) is 0.971. The van der Waals surface area contributed by atoms with Gasteiger partial charge in [0.2, 0.25) is 11.8 Å². The second-order valence-electron chi connectivity index (χ2n) is 32.4. The Morgan fingerprint density at radius 1 is 0.203 bits per heavy atom. The van der Waals surface area contributed by atoms with Gasteiger partial charge >= 0.3 is 0 Å². The molecule has 35 N–H and O–H groups in total. The molecular formula is C70H118N2O56. The molecule has 0 saturated carbocycles. The van der Waals surface area contributed by atoms with Crippen molar-refractivity contribution in [2.75, 3.05) is 72.7 Å². The van der Waals surface area contributed by atoms with E-state index in [1.54, 1.807) is 0 Å². The van der Waals surface area contributed by atoms with E-state index >= 15 is 0 Å². The Morgan fingerprint density at radius 2 is 0.430 bits per heavy atom. The Morgan fingerprint density at radius 3 is 0.828 bits per heavy atom. The van der Waals surface area contributed by atoms with Gasteiger partial charge in [0.05, 0.1) is 72.7 Å². The van der Waals surface area contributed by atoms with Gasteiger partial charge in [-0.25, -0.2) is 0 Å². The van der Waals surface area contributed by atoms with E-state index in [4.69, 9.17) is 99.5 Å². The zero-order valence-corrected chi connectivity index (χ0v) is 67.7. The summed E-state index contributed by atoms with van der Waals surface area (Å²) in [4.78, 5) is 25.4. The Bertz CT molecular complexity index is 3380. The molecule has 11 saturated heterocycles. The predicted molar refractivity (Wildman–Crippen MR) is 386 cm³/mol. The third kappa shape index (κ3) is 22.6. The molecule has 2 amide bonds. The van der Waals surface area contributed by atoms with Crippen molar-refractivity contribution in [3.8, 4) is 0 Å². The first-order chi connectivity index (χ1) is 60.6. The van der Waals surface area contributed by atoms with E-state index in [-0.39, 0.29) is 0 Å². The van der Waals surface area contributed by atoms with Gasteiger partial charge in [-0.05, 0) is 0 Å². The van der Waals surface area contributed by atoms with Crippen LogP contribution in [0.15, 0.2) is 0 Å². The molecule has 55 atom stereocenters. The summed E-state index contributed by atoms with van der Waals surface area (Å²) in [6.07, 6.45) is -117. The van der Waals surface area contributed by atoms with Crippen LogP contribution in [0.3, 0.4) is 0 Å². The number of hydrogen-bond donors (Lipinski definition) is 35. The molecule has 11 heterocycles. The quantitative estimate of drug-likeness (QED) is 0.0290. The van der Waals surface area contributed by atoms with Crippen molar-refractivity contribution in [1.29, 1.82) is 0 Å². The minimum atomic E-state index is -2.77. The van der Waals surface area contributed by atoms with Crippen molar-refractivity contribution < 1.29 is 278 Å². The number of aliphatic hydroxyl groups excluding tert-OH is 33. The van der Waals surface area contributed by atoms with E-state index in [2.05, 4.69) is 10.6 Å². The Kier molecular flexibility index (Phi) is 37.7. The Balaban J connectivity index is 0.978. The highest BCUT2D eigenvalue weighted by Crippen LogP contribution is 2.41. The van der Waals surface area contributed by atoms with Gasteiger partial charge in [-0.15, -0.1) is 0 Å². The van der Waals surface area contributed by atoms with Gasteiger partial charge in [0, 0.05) is 13.8 Å². The first-order valence-corrected chi connectivity index (χ1v) is 40.7. The maximum atomic E-state index is 13.2. The molecule has 11 rings (SSSR count). The third-order valence-corrected chi connectivity index (χ3v) is 23.7. The van der Waals surface area contributed by atoms with E-state index in [1.165, 1.54) is 0 Å². The molecule has 0 aromatic heterocycles. The number of nitrogens with one attached hydrogen (secondary N) is 2. The molecule has 0 aromatic rings. The van der Waals surface area contributed by atoms with Crippen LogP contribution in [0, 0.1) is 0 Å². The number of carbonyl (C=O) groups excluding carboxylic acids is 2. The van der Waals surface area contributed by atoms with Crippen molar-refractivity contribution in [3.63, 3.8) is 0 Å². The van der Waals surface area contributed by atoms with Gasteiger partial charge < -0.3 is 279 Å². The third-order valence-electron chi connectivity index (χ3n) is 23.7. The van der Waals surface area contributed by atoms with Gasteiger partial charge in [0.15, 0.2) is 69.2 Å². The maximum absolute atomic E-state index is 13.2. The van der Waals surface area contributed by atoms with E-state index in [1.807, 2.05) is 0 Å². The molecule has 0 radical (unpaired) electrons. The highest BCUT2D eigenvalue weighted by atomic mass is 16.8. The first kappa shape index (κ1) is 105. The Labute approximate surface area is 722 Å². The molecule has 58 heteroatoms. The molecule has 0 aromatic carbocycles. The molecule has 0 bridgehead atoms. The number of hydrogen-bond acceptors (Lipinski definition) is 56. The molecule has 0 spiro atoms. The lowest BCUT2D eigenvalue weighted by molar-refractivity contribution is -0.410. The molecule has 11 aliphatic heterocycles. The van der Waals surface area contributed by atoms with E-state index in [9.17, 15) is 178 Å². The van der Waals surface area contributed by atoms with Gasteiger partial charge in [0.1, 0.15) is 268 Å². The SMILES string of the molecule is CC(=O)N[C@H]1[C@H](O[C@H]2[C@H](O)[C@@H](NC(C)=O)C(O)O[C@@H]2CO)O[C@H](CO)[C@@H](O[C@@H]2O[C@H](CO[C@H]3O[C@H](CO[C@H]4O[C@H](CO)[C@@H](O)[C@H](O)[C@@H]4O)[C@@H](O)[C@H](O[C@H]4O[C@H](CO)[C@@H](O)[C@H](O)[C@@H]4O)[C@@H]3O)[C@@H](O)[C@H](O[C@H]3O[C@H](CO[C@H]4O[C@H](CO)[C@@H](O)[C@H](O)[C@@H]4O[C@H]4O[C@H](CO)[C@@H](O)[C@H](O)[C@@H]4O)[C@@H](O)[C@H](O)[C@@H]3O[C@H]3O[C@H](CO)[C@@H](O)[C@H](O)[C@@H]3O[C@H]3O[C@H](CO)[C@@H](O)[C@H](O)[C@@H]3O)[C@@H]2O)[C@@H]1O. The summed E-state index contributed by atoms with van der Waals surface area (Å²) in [5.74, 6) is -1.84.